The molecular weight excluding hydrogens is 384 g/mol. The van der Waals surface area contributed by atoms with Crippen molar-refractivity contribution in [3.05, 3.63) is 76.6 Å². The number of aryl methyl sites for hydroxylation is 1. The lowest BCUT2D eigenvalue weighted by Gasteiger charge is -2.13. The predicted octanol–water partition coefficient (Wildman–Crippen LogP) is 2.83. The van der Waals surface area contributed by atoms with Gasteiger partial charge in [0.25, 0.3) is 11.8 Å². The fourth-order valence-corrected chi connectivity index (χ4v) is 3.43. The molecule has 4 rings (SSSR count). The minimum atomic E-state index is -0.724. The van der Waals surface area contributed by atoms with Gasteiger partial charge in [0.2, 0.25) is 0 Å². The zero-order valence-electron chi connectivity index (χ0n) is 16.2. The summed E-state index contributed by atoms with van der Waals surface area (Å²) in [6.45, 7) is 1.91. The predicted molar refractivity (Wildman–Crippen MR) is 109 cm³/mol. The minimum Gasteiger partial charge on any atom is -0.464 e. The number of hydrogen-bond acceptors (Lipinski definition) is 6. The first-order chi connectivity index (χ1) is 14.4. The van der Waals surface area contributed by atoms with Gasteiger partial charge in [0.1, 0.15) is 6.07 Å². The van der Waals surface area contributed by atoms with Crippen LogP contribution < -0.4 is 10.6 Å². The Kier molecular flexibility index (Phi) is 4.36. The Balaban J connectivity index is 1.82. The summed E-state index contributed by atoms with van der Waals surface area (Å²) < 4.78 is 6.16. The van der Waals surface area contributed by atoms with Gasteiger partial charge in [-0.05, 0) is 37.3 Å². The molecule has 0 bridgehead atoms. The highest BCUT2D eigenvalue weighted by molar-refractivity contribution is 6.34. The number of esters is 1. The molecule has 2 N–H and O–H groups in total. The van der Waals surface area contributed by atoms with Crippen LogP contribution in [0.25, 0.3) is 5.69 Å². The maximum absolute atomic E-state index is 13.0. The maximum Gasteiger partial charge on any atom is 0.357 e. The fourth-order valence-electron chi connectivity index (χ4n) is 3.43. The number of hydrogen-bond donors (Lipinski definition) is 1. The molecule has 0 saturated carbocycles. The van der Waals surface area contributed by atoms with Crippen molar-refractivity contribution >= 4 is 29.2 Å². The van der Waals surface area contributed by atoms with Crippen molar-refractivity contribution in [1.82, 2.24) is 4.57 Å². The van der Waals surface area contributed by atoms with Gasteiger partial charge >= 0.3 is 5.97 Å². The van der Waals surface area contributed by atoms with Gasteiger partial charge < -0.3 is 15.0 Å². The van der Waals surface area contributed by atoms with Crippen LogP contribution in [0.2, 0.25) is 0 Å². The molecular formula is C22H16N4O4. The van der Waals surface area contributed by atoms with Gasteiger partial charge in [0.05, 0.1) is 35.2 Å². The highest BCUT2D eigenvalue weighted by atomic mass is 16.5. The van der Waals surface area contributed by atoms with Gasteiger partial charge in [0, 0.05) is 11.9 Å². The first-order valence-electron chi connectivity index (χ1n) is 8.96. The lowest BCUT2D eigenvalue weighted by atomic mass is 10.1. The third kappa shape index (κ3) is 2.72. The lowest BCUT2D eigenvalue weighted by Crippen LogP contribution is -2.29. The molecule has 8 heteroatoms. The van der Waals surface area contributed by atoms with E-state index in [1.807, 2.05) is 25.1 Å². The quantitative estimate of drug-likeness (QED) is 0.533. The van der Waals surface area contributed by atoms with E-state index in [0.717, 1.165) is 10.5 Å². The van der Waals surface area contributed by atoms with Gasteiger partial charge in [-0.25, -0.2) is 9.69 Å². The number of ether oxygens (including phenoxy) is 1. The molecule has 0 saturated heterocycles. The van der Waals surface area contributed by atoms with Gasteiger partial charge in [-0.15, -0.1) is 0 Å². The van der Waals surface area contributed by atoms with Crippen LogP contribution >= 0.6 is 0 Å². The molecule has 2 aromatic carbocycles. The molecule has 8 nitrogen and oxygen atoms in total. The molecule has 1 aromatic heterocycles. The number of amides is 2. The monoisotopic (exact) mass is 400 g/mol. The number of benzene rings is 2. The van der Waals surface area contributed by atoms with E-state index in [0.29, 0.717) is 11.4 Å². The Morgan fingerprint density at radius 1 is 1.03 bits per heavy atom. The Hall–Kier alpha value is -4.38. The van der Waals surface area contributed by atoms with Crippen molar-refractivity contribution in [2.75, 3.05) is 17.7 Å². The summed E-state index contributed by atoms with van der Waals surface area (Å²) in [5, 5.41) is 9.27. The van der Waals surface area contributed by atoms with Crippen molar-refractivity contribution in [2.24, 2.45) is 0 Å². The summed E-state index contributed by atoms with van der Waals surface area (Å²) in [6, 6.07) is 13.6. The average molecular weight is 400 g/mol. The van der Waals surface area contributed by atoms with Crippen LogP contribution in [0.3, 0.4) is 0 Å². The number of imide groups is 1. The minimum absolute atomic E-state index is 0.0199. The second kappa shape index (κ2) is 6.90. The summed E-state index contributed by atoms with van der Waals surface area (Å²) in [6.07, 6.45) is 1.39. The van der Waals surface area contributed by atoms with Gasteiger partial charge in [-0.1, -0.05) is 17.7 Å². The van der Waals surface area contributed by atoms with E-state index in [4.69, 9.17) is 10.5 Å². The molecule has 0 unspecified atom stereocenters. The SMILES string of the molecule is COC(=O)c1c(N)c(C#N)cn1-c1ccc2c(c1)C(=O)N(c1ccc(C)cc1)C2=O. The highest BCUT2D eigenvalue weighted by Gasteiger charge is 2.37. The Morgan fingerprint density at radius 2 is 1.67 bits per heavy atom. The fraction of sp³-hybridized carbons (Fsp3) is 0.0909. The van der Waals surface area contributed by atoms with Crippen molar-refractivity contribution in [1.29, 1.82) is 5.26 Å². The van der Waals surface area contributed by atoms with Gasteiger partial charge in [0.15, 0.2) is 5.69 Å². The van der Waals surface area contributed by atoms with Crippen LogP contribution in [-0.2, 0) is 4.74 Å². The van der Waals surface area contributed by atoms with Crippen LogP contribution in [0.15, 0.2) is 48.7 Å². The van der Waals surface area contributed by atoms with Crippen molar-refractivity contribution in [2.45, 2.75) is 6.92 Å². The lowest BCUT2D eigenvalue weighted by molar-refractivity contribution is 0.0592. The normalized spacial score (nSPS) is 12.6. The Morgan fingerprint density at radius 3 is 2.30 bits per heavy atom. The number of rotatable bonds is 3. The summed E-state index contributed by atoms with van der Waals surface area (Å²) in [5.74, 6) is -1.62. The van der Waals surface area contributed by atoms with E-state index in [9.17, 15) is 19.6 Å². The molecule has 3 aromatic rings. The standard InChI is InChI=1S/C22H16N4O4/c1-12-3-5-14(6-4-12)26-20(27)16-8-7-15(9-17(16)21(26)28)25-11-13(10-23)18(24)19(25)22(29)30-2/h3-9,11H,24H2,1-2H3. The Labute approximate surface area is 171 Å². The van der Waals surface area contributed by atoms with Crippen LogP contribution in [0.4, 0.5) is 11.4 Å². The molecule has 2 amide bonds. The summed E-state index contributed by atoms with van der Waals surface area (Å²) in [7, 11) is 1.20. The number of methoxy groups -OCH3 is 1. The number of nitrogen functional groups attached to an aromatic ring is 1. The smallest absolute Gasteiger partial charge is 0.357 e. The van der Waals surface area contributed by atoms with E-state index in [1.165, 1.54) is 30.0 Å². The molecule has 0 aliphatic carbocycles. The molecule has 148 valence electrons. The van der Waals surface area contributed by atoms with Crippen LogP contribution in [0.5, 0.6) is 0 Å². The number of anilines is 2. The van der Waals surface area contributed by atoms with E-state index in [-0.39, 0.29) is 28.1 Å². The highest BCUT2D eigenvalue weighted by Crippen LogP contribution is 2.32. The third-order valence-corrected chi connectivity index (χ3v) is 4.98. The van der Waals surface area contributed by atoms with Crippen LogP contribution in [0, 0.1) is 18.3 Å². The molecule has 0 atom stereocenters. The topological polar surface area (TPSA) is 118 Å². The first-order valence-corrected chi connectivity index (χ1v) is 8.96. The van der Waals surface area contributed by atoms with E-state index < -0.39 is 17.8 Å². The average Bonchev–Trinajstić information content (AvgIpc) is 3.22. The number of nitrogens with two attached hydrogens (primary N) is 1. The molecule has 30 heavy (non-hydrogen) atoms. The number of carbonyl (C=O) groups excluding carboxylic acids is 3. The van der Waals surface area contributed by atoms with Crippen LogP contribution in [0.1, 0.15) is 42.3 Å². The van der Waals surface area contributed by atoms with E-state index >= 15 is 0 Å². The molecule has 1 aliphatic rings. The zero-order chi connectivity index (χ0) is 21.6. The largest absolute Gasteiger partial charge is 0.464 e. The van der Waals surface area contributed by atoms with Crippen molar-refractivity contribution in [3.8, 4) is 11.8 Å². The van der Waals surface area contributed by atoms with Crippen molar-refractivity contribution in [3.63, 3.8) is 0 Å². The number of nitriles is 1. The number of nitrogens with zero attached hydrogens (tertiary/aromatic N) is 3. The summed E-state index contributed by atoms with van der Waals surface area (Å²) in [5.41, 5.74) is 8.30. The Bertz CT molecular complexity index is 1270. The first kappa shape index (κ1) is 19.0. The van der Waals surface area contributed by atoms with E-state index in [2.05, 4.69) is 0 Å². The summed E-state index contributed by atoms with van der Waals surface area (Å²) in [4.78, 5) is 39.2. The number of fused-ring (bicyclic) bond motifs is 1. The number of carbonyl (C=O) groups is 3. The molecule has 0 spiro atoms. The second-order valence-electron chi connectivity index (χ2n) is 6.79. The van der Waals surface area contributed by atoms with Gasteiger partial charge in [-0.3, -0.25) is 9.59 Å². The van der Waals surface area contributed by atoms with Crippen molar-refractivity contribution < 1.29 is 19.1 Å². The zero-order valence-corrected chi connectivity index (χ0v) is 16.2. The van der Waals surface area contributed by atoms with E-state index in [1.54, 1.807) is 18.2 Å². The summed E-state index contributed by atoms with van der Waals surface area (Å²) >= 11 is 0. The maximum atomic E-state index is 13.0. The molecule has 0 radical (unpaired) electrons. The number of aromatic nitrogens is 1. The second-order valence-corrected chi connectivity index (χ2v) is 6.79. The molecule has 2 heterocycles. The van der Waals surface area contributed by atoms with Crippen LogP contribution in [-0.4, -0.2) is 29.5 Å². The molecule has 0 fully saturated rings. The van der Waals surface area contributed by atoms with Gasteiger partial charge in [-0.2, -0.15) is 5.26 Å². The third-order valence-electron chi connectivity index (χ3n) is 4.98. The molecule has 1 aliphatic heterocycles.